The third-order valence-electron chi connectivity index (χ3n) is 5.35. The zero-order valence-electron chi connectivity index (χ0n) is 19.7. The Balaban J connectivity index is 0.00000324. The minimum absolute atomic E-state index is 0. The molecule has 0 aliphatic rings. The molecule has 2 heterocycles. The highest BCUT2D eigenvalue weighted by Gasteiger charge is 2.12. The van der Waals surface area contributed by atoms with Crippen LogP contribution in [0.2, 0.25) is 0 Å². The molecule has 7 nitrogen and oxygen atoms in total. The van der Waals surface area contributed by atoms with Crippen molar-refractivity contribution in [2.24, 2.45) is 7.05 Å². The number of benzene rings is 2. The largest absolute Gasteiger partial charge is 0.497 e. The van der Waals surface area contributed by atoms with E-state index in [9.17, 15) is 0 Å². The molecule has 2 aromatic carbocycles. The average molecular weight is 460 g/mol. The minimum atomic E-state index is 0. The van der Waals surface area contributed by atoms with Crippen LogP contribution in [-0.4, -0.2) is 46.6 Å². The van der Waals surface area contributed by atoms with Gasteiger partial charge in [-0.3, -0.25) is 9.67 Å². The Bertz CT molecular complexity index is 1270. The summed E-state index contributed by atoms with van der Waals surface area (Å²) in [6.07, 6.45) is 7.71. The molecule has 0 bridgehead atoms. The fraction of sp³-hybridized carbons (Fsp3) is 0.296. The van der Waals surface area contributed by atoms with E-state index in [2.05, 4.69) is 47.5 Å². The molecule has 0 saturated heterocycles. The summed E-state index contributed by atoms with van der Waals surface area (Å²) in [5.74, 6) is 1.48. The Kier molecular flexibility index (Phi) is 8.02. The monoisotopic (exact) mass is 459 g/mol. The minimum Gasteiger partial charge on any atom is -0.497 e. The summed E-state index contributed by atoms with van der Waals surface area (Å²) in [6, 6.07) is 12.5. The Morgan fingerprint density at radius 1 is 1.00 bits per heavy atom. The maximum atomic E-state index is 5.51. The smallest absolute Gasteiger partial charge is 0.123 e. The molecule has 7 heteroatoms. The molecule has 2 aromatic heterocycles. The third kappa shape index (κ3) is 5.61. The van der Waals surface area contributed by atoms with Crippen LogP contribution in [0.15, 0.2) is 61.1 Å². The van der Waals surface area contributed by atoms with Gasteiger partial charge in [-0.1, -0.05) is 33.4 Å². The van der Waals surface area contributed by atoms with Crippen LogP contribution in [0.3, 0.4) is 0 Å². The van der Waals surface area contributed by atoms with Gasteiger partial charge >= 0.3 is 0 Å². The van der Waals surface area contributed by atoms with Crippen LogP contribution in [0.25, 0.3) is 27.9 Å². The Labute approximate surface area is 201 Å². The number of hydrogen-bond acceptors (Lipinski definition) is 6. The molecule has 0 amide bonds. The lowest BCUT2D eigenvalue weighted by Crippen LogP contribution is -2.22. The van der Waals surface area contributed by atoms with Gasteiger partial charge in [0.05, 0.1) is 43.3 Å². The van der Waals surface area contributed by atoms with Crippen LogP contribution in [0.4, 0.5) is 0 Å². The third-order valence-corrected chi connectivity index (χ3v) is 5.35. The molecular formula is C27H33N5O2. The fourth-order valence-corrected chi connectivity index (χ4v) is 3.63. The second kappa shape index (κ2) is 10.9. The van der Waals surface area contributed by atoms with Gasteiger partial charge < -0.3 is 14.8 Å². The molecule has 0 fully saturated rings. The number of methoxy groups -OCH3 is 2. The van der Waals surface area contributed by atoms with Gasteiger partial charge in [-0.05, 0) is 41.0 Å². The highest BCUT2D eigenvalue weighted by atomic mass is 16.5. The number of nitrogens with zero attached hydrogens (tertiary/aromatic N) is 4. The second-order valence-electron chi connectivity index (χ2n) is 8.14. The molecule has 1 N–H and O–H groups in total. The normalized spacial score (nSPS) is 11.5. The van der Waals surface area contributed by atoms with Crippen molar-refractivity contribution in [1.82, 2.24) is 25.1 Å². The lowest BCUT2D eigenvalue weighted by atomic mass is 9.96. The first-order valence-corrected chi connectivity index (χ1v) is 10.9. The number of aromatic nitrogens is 4. The topological polar surface area (TPSA) is 74.1 Å². The molecule has 178 valence electrons. The molecule has 0 spiro atoms. The van der Waals surface area contributed by atoms with Crippen LogP contribution in [-0.2, 0) is 7.05 Å². The highest BCUT2D eigenvalue weighted by molar-refractivity contribution is 5.87. The number of hydrogen-bond donors (Lipinski definition) is 1. The predicted octanol–water partition coefficient (Wildman–Crippen LogP) is 5.11. The molecule has 4 aromatic rings. The molecule has 0 aliphatic carbocycles. The number of nitrogens with one attached hydrogen (secondary N) is 1. The van der Waals surface area contributed by atoms with Gasteiger partial charge in [0.15, 0.2) is 0 Å². The quantitative estimate of drug-likeness (QED) is 0.395. The van der Waals surface area contributed by atoms with Crippen LogP contribution in [0, 0.1) is 0 Å². The van der Waals surface area contributed by atoms with E-state index in [1.165, 1.54) is 0 Å². The second-order valence-corrected chi connectivity index (χ2v) is 8.14. The van der Waals surface area contributed by atoms with Crippen molar-refractivity contribution < 1.29 is 9.47 Å². The van der Waals surface area contributed by atoms with E-state index in [4.69, 9.17) is 14.5 Å². The van der Waals surface area contributed by atoms with E-state index in [-0.39, 0.29) is 7.43 Å². The van der Waals surface area contributed by atoms with Crippen LogP contribution in [0.1, 0.15) is 32.4 Å². The van der Waals surface area contributed by atoms with Gasteiger partial charge in [0.1, 0.15) is 11.5 Å². The summed E-state index contributed by atoms with van der Waals surface area (Å²) in [6.45, 7) is 4.99. The molecule has 0 saturated carbocycles. The summed E-state index contributed by atoms with van der Waals surface area (Å²) in [5, 5.41) is 7.71. The first-order chi connectivity index (χ1) is 16.0. The number of rotatable bonds is 8. The summed E-state index contributed by atoms with van der Waals surface area (Å²) in [7, 11) is 5.21. The van der Waals surface area contributed by atoms with Crippen molar-refractivity contribution in [2.45, 2.75) is 27.3 Å². The predicted molar refractivity (Wildman–Crippen MR) is 138 cm³/mol. The number of ether oxygens (including phenoxy) is 2. The zero-order valence-corrected chi connectivity index (χ0v) is 19.7. The molecule has 0 aliphatic heterocycles. The van der Waals surface area contributed by atoms with Crippen molar-refractivity contribution in [3.8, 4) is 22.8 Å². The van der Waals surface area contributed by atoms with E-state index in [0.717, 1.165) is 57.0 Å². The van der Waals surface area contributed by atoms with E-state index in [1.54, 1.807) is 31.3 Å². The van der Waals surface area contributed by atoms with Crippen molar-refractivity contribution in [2.75, 3.05) is 20.8 Å². The van der Waals surface area contributed by atoms with Crippen LogP contribution < -0.4 is 14.8 Å². The van der Waals surface area contributed by atoms with Gasteiger partial charge in [-0.15, -0.1) is 0 Å². The molecule has 0 unspecified atom stereocenters. The van der Waals surface area contributed by atoms with E-state index >= 15 is 0 Å². The lowest BCUT2D eigenvalue weighted by Gasteiger charge is -2.14. The van der Waals surface area contributed by atoms with Crippen LogP contribution in [0.5, 0.6) is 11.5 Å². The summed E-state index contributed by atoms with van der Waals surface area (Å²) in [5.41, 5.74) is 6.51. The first-order valence-electron chi connectivity index (χ1n) is 10.9. The van der Waals surface area contributed by atoms with Crippen molar-refractivity contribution in [3.05, 3.63) is 72.2 Å². The standard InChI is InChI=1S/C26H29N5O2.CH4/c1-17(2)27-9-8-23(19-10-21(32-4)13-22(11-19)33-5)18-6-7-24-25(12-18)30-26(15-28-24)20-14-29-31(3)16-20;/h6-8,10-17,27H,9H2,1-5H3;1H4/b23-8-;. The first kappa shape index (κ1) is 24.9. The van der Waals surface area contributed by atoms with Gasteiger partial charge in [0.2, 0.25) is 0 Å². The highest BCUT2D eigenvalue weighted by Crippen LogP contribution is 2.32. The van der Waals surface area contributed by atoms with Gasteiger partial charge in [-0.2, -0.15) is 5.10 Å². The Morgan fingerprint density at radius 3 is 2.35 bits per heavy atom. The van der Waals surface area contributed by atoms with Crippen molar-refractivity contribution in [3.63, 3.8) is 0 Å². The Morgan fingerprint density at radius 2 is 1.74 bits per heavy atom. The van der Waals surface area contributed by atoms with Crippen molar-refractivity contribution >= 4 is 16.6 Å². The van der Waals surface area contributed by atoms with E-state index < -0.39 is 0 Å². The fourth-order valence-electron chi connectivity index (χ4n) is 3.63. The summed E-state index contributed by atoms with van der Waals surface area (Å²) >= 11 is 0. The van der Waals surface area contributed by atoms with Gasteiger partial charge in [0, 0.05) is 37.5 Å². The maximum Gasteiger partial charge on any atom is 0.123 e. The van der Waals surface area contributed by atoms with Crippen molar-refractivity contribution in [1.29, 1.82) is 0 Å². The van der Waals surface area contributed by atoms with E-state index in [0.29, 0.717) is 6.04 Å². The zero-order chi connectivity index (χ0) is 23.4. The average Bonchev–Trinajstić information content (AvgIpc) is 3.26. The molecular weight excluding hydrogens is 426 g/mol. The lowest BCUT2D eigenvalue weighted by molar-refractivity contribution is 0.394. The molecule has 34 heavy (non-hydrogen) atoms. The molecule has 4 rings (SSSR count). The molecule has 0 atom stereocenters. The number of aryl methyl sites for hydroxylation is 1. The van der Waals surface area contributed by atoms with E-state index in [1.807, 2.05) is 37.5 Å². The van der Waals surface area contributed by atoms with Gasteiger partial charge in [-0.25, -0.2) is 4.98 Å². The Hall–Kier alpha value is -3.71. The summed E-state index contributed by atoms with van der Waals surface area (Å²) < 4.78 is 12.8. The number of fused-ring (bicyclic) bond motifs is 1. The molecule has 0 radical (unpaired) electrons. The van der Waals surface area contributed by atoms with Gasteiger partial charge in [0.25, 0.3) is 0 Å². The SMILES string of the molecule is C.COc1cc(OC)cc(/C(=C\CNC(C)C)c2ccc3ncc(-c4cnn(C)c4)nc3c2)c1. The maximum absolute atomic E-state index is 5.51. The summed E-state index contributed by atoms with van der Waals surface area (Å²) in [4.78, 5) is 9.47. The van der Waals surface area contributed by atoms with Crippen LogP contribution >= 0.6 is 0 Å².